The number of halogens is 1. The van der Waals surface area contributed by atoms with E-state index in [1.54, 1.807) is 0 Å². The quantitative estimate of drug-likeness (QED) is 0.771. The minimum atomic E-state index is -0.549. The first-order valence-electron chi connectivity index (χ1n) is 8.71. The van der Waals surface area contributed by atoms with Gasteiger partial charge in [0.05, 0.1) is 12.1 Å². The Bertz CT molecular complexity index is 795. The van der Waals surface area contributed by atoms with Gasteiger partial charge < -0.3 is 16.4 Å². The van der Waals surface area contributed by atoms with Crippen LogP contribution in [0.5, 0.6) is 0 Å². The van der Waals surface area contributed by atoms with Gasteiger partial charge in [-0.1, -0.05) is 30.3 Å². The van der Waals surface area contributed by atoms with E-state index in [1.165, 1.54) is 18.2 Å². The van der Waals surface area contributed by atoms with Gasteiger partial charge in [-0.3, -0.25) is 9.59 Å². The summed E-state index contributed by atoms with van der Waals surface area (Å²) in [5.74, 6) is -1.11. The number of hydrogen-bond donors (Lipinski definition) is 3. The highest BCUT2D eigenvalue weighted by Gasteiger charge is 2.27. The molecule has 2 unspecified atom stereocenters. The third-order valence-corrected chi connectivity index (χ3v) is 4.56. The van der Waals surface area contributed by atoms with Crippen LogP contribution in [0.15, 0.2) is 48.5 Å². The molecule has 2 aromatic carbocycles. The molecule has 2 aromatic rings. The van der Waals surface area contributed by atoms with Gasteiger partial charge in [0.25, 0.3) is 0 Å². The number of carbonyl (C=O) groups excluding carboxylic acids is 2. The lowest BCUT2D eigenvalue weighted by Gasteiger charge is -2.13. The molecular formula is C20H22FN3O2. The maximum absolute atomic E-state index is 14.0. The summed E-state index contributed by atoms with van der Waals surface area (Å²) in [6.45, 7) is 0. The molecule has 6 heteroatoms. The van der Waals surface area contributed by atoms with Crippen molar-refractivity contribution < 1.29 is 14.0 Å². The molecule has 0 saturated heterocycles. The van der Waals surface area contributed by atoms with Crippen LogP contribution in [0.25, 0.3) is 0 Å². The second-order valence-electron chi connectivity index (χ2n) is 6.66. The molecule has 4 N–H and O–H groups in total. The minimum Gasteiger partial charge on any atom is -0.328 e. The molecule has 0 aromatic heterocycles. The van der Waals surface area contributed by atoms with E-state index in [0.29, 0.717) is 12.1 Å². The average molecular weight is 355 g/mol. The molecule has 0 bridgehead atoms. The lowest BCUT2D eigenvalue weighted by molar-refractivity contribution is -0.119. The molecule has 2 amide bonds. The average Bonchev–Trinajstić information content (AvgIpc) is 3.05. The van der Waals surface area contributed by atoms with Gasteiger partial charge in [-0.05, 0) is 43.0 Å². The summed E-state index contributed by atoms with van der Waals surface area (Å²) in [5, 5.41) is 5.35. The molecule has 0 spiro atoms. The van der Waals surface area contributed by atoms with Crippen molar-refractivity contribution in [1.82, 2.24) is 0 Å². The van der Waals surface area contributed by atoms with Crippen LogP contribution in [0.4, 0.5) is 15.8 Å². The van der Waals surface area contributed by atoms with Crippen molar-refractivity contribution in [2.24, 2.45) is 11.7 Å². The van der Waals surface area contributed by atoms with E-state index < -0.39 is 5.82 Å². The molecule has 1 aliphatic carbocycles. The summed E-state index contributed by atoms with van der Waals surface area (Å²) in [6, 6.07) is 13.4. The Morgan fingerprint density at radius 3 is 2.54 bits per heavy atom. The predicted octanol–water partition coefficient (Wildman–Crippen LogP) is 3.07. The van der Waals surface area contributed by atoms with Crippen LogP contribution >= 0.6 is 0 Å². The van der Waals surface area contributed by atoms with Gasteiger partial charge in [-0.25, -0.2) is 4.39 Å². The second kappa shape index (κ2) is 8.10. The van der Waals surface area contributed by atoms with E-state index in [4.69, 9.17) is 5.73 Å². The van der Waals surface area contributed by atoms with E-state index in [-0.39, 0.29) is 35.9 Å². The Kier molecular flexibility index (Phi) is 5.63. The highest BCUT2D eigenvalue weighted by molar-refractivity contribution is 5.95. The number of rotatable bonds is 5. The van der Waals surface area contributed by atoms with Crippen LogP contribution in [-0.4, -0.2) is 17.9 Å². The Morgan fingerprint density at radius 1 is 1.08 bits per heavy atom. The molecule has 1 aliphatic rings. The monoisotopic (exact) mass is 355 g/mol. The maximum Gasteiger partial charge on any atom is 0.228 e. The Morgan fingerprint density at radius 2 is 1.85 bits per heavy atom. The SMILES string of the molecule is NC1CCC(C(=O)Nc2ccc(F)c(NC(=O)Cc3ccccc3)c2)C1. The fraction of sp³-hybridized carbons (Fsp3) is 0.300. The summed E-state index contributed by atoms with van der Waals surface area (Å²) in [6.07, 6.45) is 2.40. The lowest BCUT2D eigenvalue weighted by Crippen LogP contribution is -2.23. The minimum absolute atomic E-state index is 0.0480. The summed E-state index contributed by atoms with van der Waals surface area (Å²) < 4.78 is 14.0. The molecular weight excluding hydrogens is 333 g/mol. The number of benzene rings is 2. The van der Waals surface area contributed by atoms with Crippen molar-refractivity contribution in [2.45, 2.75) is 31.7 Å². The smallest absolute Gasteiger partial charge is 0.228 e. The lowest BCUT2D eigenvalue weighted by atomic mass is 10.1. The summed E-state index contributed by atoms with van der Waals surface area (Å²) in [7, 11) is 0. The zero-order valence-corrected chi connectivity index (χ0v) is 14.4. The highest BCUT2D eigenvalue weighted by atomic mass is 19.1. The van der Waals surface area contributed by atoms with E-state index in [1.807, 2.05) is 30.3 Å². The van der Waals surface area contributed by atoms with Crippen molar-refractivity contribution >= 4 is 23.2 Å². The molecule has 2 atom stereocenters. The van der Waals surface area contributed by atoms with E-state index in [2.05, 4.69) is 10.6 Å². The van der Waals surface area contributed by atoms with Crippen molar-refractivity contribution in [1.29, 1.82) is 0 Å². The summed E-state index contributed by atoms with van der Waals surface area (Å²) in [4.78, 5) is 24.4. The normalized spacial score (nSPS) is 19.2. The van der Waals surface area contributed by atoms with Crippen LogP contribution in [0.2, 0.25) is 0 Å². The topological polar surface area (TPSA) is 84.2 Å². The zero-order chi connectivity index (χ0) is 18.5. The van der Waals surface area contributed by atoms with Gasteiger partial charge in [0.2, 0.25) is 11.8 Å². The van der Waals surface area contributed by atoms with E-state index >= 15 is 0 Å². The Hall–Kier alpha value is -2.73. The molecule has 0 aliphatic heterocycles. The van der Waals surface area contributed by atoms with Gasteiger partial charge in [0.1, 0.15) is 5.82 Å². The highest BCUT2D eigenvalue weighted by Crippen LogP contribution is 2.26. The standard InChI is InChI=1S/C20H22FN3O2/c21-17-9-8-16(23-20(26)14-6-7-15(22)11-14)12-18(17)24-19(25)10-13-4-2-1-3-5-13/h1-5,8-9,12,14-15H,6-7,10-11,22H2,(H,23,26)(H,24,25). The summed E-state index contributed by atoms with van der Waals surface area (Å²) in [5.41, 5.74) is 7.18. The molecule has 26 heavy (non-hydrogen) atoms. The molecule has 5 nitrogen and oxygen atoms in total. The first kappa shape index (κ1) is 18.1. The van der Waals surface area contributed by atoms with Crippen LogP contribution in [0.1, 0.15) is 24.8 Å². The summed E-state index contributed by atoms with van der Waals surface area (Å²) >= 11 is 0. The van der Waals surface area contributed by atoms with Crippen LogP contribution in [0, 0.1) is 11.7 Å². The number of anilines is 2. The Balaban J connectivity index is 1.63. The van der Waals surface area contributed by atoms with Gasteiger partial charge in [-0.2, -0.15) is 0 Å². The van der Waals surface area contributed by atoms with Crippen molar-refractivity contribution in [3.8, 4) is 0 Å². The molecule has 136 valence electrons. The van der Waals surface area contributed by atoms with Crippen molar-refractivity contribution in [3.63, 3.8) is 0 Å². The number of hydrogen-bond acceptors (Lipinski definition) is 3. The van der Waals surface area contributed by atoms with Gasteiger partial charge in [0.15, 0.2) is 0 Å². The maximum atomic E-state index is 14.0. The largest absolute Gasteiger partial charge is 0.328 e. The third kappa shape index (κ3) is 4.67. The van der Waals surface area contributed by atoms with Crippen LogP contribution in [0.3, 0.4) is 0 Å². The fourth-order valence-corrected chi connectivity index (χ4v) is 3.17. The number of amides is 2. The third-order valence-electron chi connectivity index (χ3n) is 4.56. The first-order chi connectivity index (χ1) is 12.5. The van der Waals surface area contributed by atoms with E-state index in [0.717, 1.165) is 18.4 Å². The molecule has 0 heterocycles. The predicted molar refractivity (Wildman–Crippen MR) is 99.1 cm³/mol. The van der Waals surface area contributed by atoms with Gasteiger partial charge in [0, 0.05) is 17.6 Å². The Labute approximate surface area is 151 Å². The van der Waals surface area contributed by atoms with Crippen LogP contribution < -0.4 is 16.4 Å². The van der Waals surface area contributed by atoms with Crippen molar-refractivity contribution in [2.75, 3.05) is 10.6 Å². The fourth-order valence-electron chi connectivity index (χ4n) is 3.17. The van der Waals surface area contributed by atoms with Gasteiger partial charge in [-0.15, -0.1) is 0 Å². The first-order valence-corrected chi connectivity index (χ1v) is 8.71. The molecule has 3 rings (SSSR count). The molecule has 1 fully saturated rings. The second-order valence-corrected chi connectivity index (χ2v) is 6.66. The zero-order valence-electron chi connectivity index (χ0n) is 14.4. The molecule has 0 radical (unpaired) electrons. The number of nitrogens with one attached hydrogen (secondary N) is 2. The molecule has 1 saturated carbocycles. The number of nitrogens with two attached hydrogens (primary N) is 1. The van der Waals surface area contributed by atoms with E-state index in [9.17, 15) is 14.0 Å². The van der Waals surface area contributed by atoms with Crippen LogP contribution in [-0.2, 0) is 16.0 Å². The number of carbonyl (C=O) groups is 2. The van der Waals surface area contributed by atoms with Gasteiger partial charge >= 0.3 is 0 Å². The van der Waals surface area contributed by atoms with Crippen molar-refractivity contribution in [3.05, 3.63) is 59.9 Å².